The van der Waals surface area contributed by atoms with E-state index in [4.69, 9.17) is 5.10 Å². The molecule has 0 atom stereocenters. The van der Waals surface area contributed by atoms with Gasteiger partial charge in [0.2, 0.25) is 0 Å². The average molecular weight is 401 g/mol. The van der Waals surface area contributed by atoms with Crippen molar-refractivity contribution in [3.8, 4) is 0 Å². The summed E-state index contributed by atoms with van der Waals surface area (Å²) in [5, 5.41) is 9.82. The molecule has 1 aromatic carbocycles. The first-order chi connectivity index (χ1) is 13.9. The number of nitrogens with one attached hydrogen (secondary N) is 1. The molecule has 0 aromatic heterocycles. The number of hydrogen-bond donors (Lipinski definition) is 1. The molecule has 0 unspecified atom stereocenters. The Kier molecular flexibility index (Phi) is 6.62. The van der Waals surface area contributed by atoms with Crippen LogP contribution in [-0.2, 0) is 6.18 Å². The number of nitrogens with zero attached hydrogens (tertiary/aromatic N) is 2. The molecule has 29 heavy (non-hydrogen) atoms. The Morgan fingerprint density at radius 2 is 2.10 bits per heavy atom. The van der Waals surface area contributed by atoms with Crippen LogP contribution in [0.3, 0.4) is 0 Å². The van der Waals surface area contributed by atoms with Crippen LogP contribution in [0.2, 0.25) is 0 Å². The third-order valence-electron chi connectivity index (χ3n) is 4.95. The molecule has 1 heterocycles. The van der Waals surface area contributed by atoms with Gasteiger partial charge in [-0.3, -0.25) is 0 Å². The summed E-state index contributed by atoms with van der Waals surface area (Å²) in [4.78, 5) is 0. The normalized spacial score (nSPS) is 19.2. The van der Waals surface area contributed by atoms with E-state index in [1.54, 1.807) is 23.2 Å². The quantitative estimate of drug-likeness (QED) is 0.611. The minimum atomic E-state index is -4.40. The van der Waals surface area contributed by atoms with Gasteiger partial charge in [0.05, 0.1) is 17.0 Å². The summed E-state index contributed by atoms with van der Waals surface area (Å²) < 4.78 is 39.8. The van der Waals surface area contributed by atoms with Gasteiger partial charge in [-0.15, -0.1) is 5.10 Å². The number of halogens is 3. The fourth-order valence-corrected chi connectivity index (χ4v) is 3.17. The fourth-order valence-electron chi connectivity index (χ4n) is 3.17. The average Bonchev–Trinajstić information content (AvgIpc) is 2.66. The second-order valence-electron chi connectivity index (χ2n) is 7.19. The molecule has 3 nitrogen and oxygen atoms in total. The van der Waals surface area contributed by atoms with Crippen molar-refractivity contribution in [3.63, 3.8) is 0 Å². The third-order valence-corrected chi connectivity index (χ3v) is 4.95. The number of benzene rings is 1. The van der Waals surface area contributed by atoms with Crippen molar-refractivity contribution in [2.24, 2.45) is 5.10 Å². The summed E-state index contributed by atoms with van der Waals surface area (Å²) >= 11 is 0. The van der Waals surface area contributed by atoms with Crippen molar-refractivity contribution in [1.82, 2.24) is 10.3 Å². The van der Waals surface area contributed by atoms with Crippen LogP contribution in [0, 0.1) is 0 Å². The van der Waals surface area contributed by atoms with E-state index in [1.165, 1.54) is 18.6 Å². The minimum Gasteiger partial charge on any atom is -0.366 e. The monoisotopic (exact) mass is 401 g/mol. The lowest BCUT2D eigenvalue weighted by Gasteiger charge is -2.31. The summed E-state index contributed by atoms with van der Waals surface area (Å²) in [5.74, 6) is 0.713. The van der Waals surface area contributed by atoms with Crippen LogP contribution < -0.4 is 5.32 Å². The Bertz CT molecular complexity index is 858. The van der Waals surface area contributed by atoms with Gasteiger partial charge in [-0.25, -0.2) is 5.01 Å². The molecule has 3 rings (SSSR count). The van der Waals surface area contributed by atoms with E-state index in [0.717, 1.165) is 37.4 Å². The van der Waals surface area contributed by atoms with Crippen LogP contribution in [0.15, 0.2) is 72.0 Å². The minimum absolute atomic E-state index is 0.404. The summed E-state index contributed by atoms with van der Waals surface area (Å²) in [5.41, 5.74) is 1.18. The smallest absolute Gasteiger partial charge is 0.366 e. The van der Waals surface area contributed by atoms with Crippen LogP contribution in [0.4, 0.5) is 13.2 Å². The van der Waals surface area contributed by atoms with E-state index in [1.807, 2.05) is 25.2 Å². The van der Waals surface area contributed by atoms with E-state index < -0.39 is 11.7 Å². The molecule has 1 fully saturated rings. The molecule has 154 valence electrons. The van der Waals surface area contributed by atoms with Gasteiger partial charge in [-0.2, -0.15) is 13.2 Å². The van der Waals surface area contributed by atoms with Gasteiger partial charge in [0.15, 0.2) is 0 Å². The zero-order chi connectivity index (χ0) is 20.9. The Morgan fingerprint density at radius 3 is 2.72 bits per heavy atom. The number of hydrazone groups is 1. The zero-order valence-electron chi connectivity index (χ0n) is 16.5. The molecule has 0 spiro atoms. The second kappa shape index (κ2) is 9.16. The van der Waals surface area contributed by atoms with E-state index in [0.29, 0.717) is 23.1 Å². The maximum Gasteiger partial charge on any atom is 0.416 e. The topological polar surface area (TPSA) is 27.6 Å². The van der Waals surface area contributed by atoms with E-state index in [-0.39, 0.29) is 0 Å². The Labute approximate surface area is 170 Å². The summed E-state index contributed by atoms with van der Waals surface area (Å²) in [6.07, 6.45) is 9.82. The molecule has 2 aliphatic rings. The summed E-state index contributed by atoms with van der Waals surface area (Å²) in [6, 6.07) is 5.80. The molecule has 0 saturated heterocycles. The van der Waals surface area contributed by atoms with Crippen LogP contribution in [0.1, 0.15) is 50.2 Å². The summed E-state index contributed by atoms with van der Waals surface area (Å²) in [6.45, 7) is 5.78. The molecular formula is C23H26F3N3. The molecule has 1 aromatic rings. The predicted molar refractivity (Wildman–Crippen MR) is 112 cm³/mol. The number of alkyl halides is 3. The lowest BCUT2D eigenvalue weighted by Crippen LogP contribution is -2.40. The highest BCUT2D eigenvalue weighted by Gasteiger charge is 2.31. The molecule has 1 N–H and O–H groups in total. The van der Waals surface area contributed by atoms with Gasteiger partial charge in [-0.1, -0.05) is 44.2 Å². The highest BCUT2D eigenvalue weighted by molar-refractivity contribution is 5.95. The molecule has 1 saturated carbocycles. The van der Waals surface area contributed by atoms with Crippen LogP contribution >= 0.6 is 0 Å². The largest absolute Gasteiger partial charge is 0.416 e. The molecular weight excluding hydrogens is 375 g/mol. The Morgan fingerprint density at radius 1 is 1.31 bits per heavy atom. The molecule has 6 heteroatoms. The third kappa shape index (κ3) is 5.19. The van der Waals surface area contributed by atoms with Crippen LogP contribution in [0.25, 0.3) is 5.70 Å². The Hall–Kier alpha value is -2.76. The van der Waals surface area contributed by atoms with Crippen molar-refractivity contribution < 1.29 is 13.2 Å². The van der Waals surface area contributed by atoms with E-state index in [9.17, 15) is 13.2 Å². The highest BCUT2D eigenvalue weighted by atomic mass is 19.4. The van der Waals surface area contributed by atoms with E-state index >= 15 is 0 Å². The fraction of sp³-hybridized carbons (Fsp3) is 0.348. The summed E-state index contributed by atoms with van der Waals surface area (Å²) in [7, 11) is 0. The van der Waals surface area contributed by atoms with Gasteiger partial charge in [0.25, 0.3) is 0 Å². The number of unbranched alkanes of at least 4 members (excludes halogenated alkanes) is 1. The Balaban J connectivity index is 2.02. The standard InChI is InChI=1S/C23H26F3N3/c1-3-5-13-21(17-9-6-10-18(16-17)23(24,25)26)29-20(8-4-2)14-15-22(28-29)27-19-11-7-12-19/h4,6,8-10,13-16,19H,2-3,5,7,11-12H2,1H3,(H,27,28)/b20-8+,21-13-. The maximum absolute atomic E-state index is 13.3. The molecule has 1 aliphatic heterocycles. The predicted octanol–water partition coefficient (Wildman–Crippen LogP) is 6.24. The van der Waals surface area contributed by atoms with Crippen LogP contribution in [0.5, 0.6) is 0 Å². The molecule has 0 radical (unpaired) electrons. The van der Waals surface area contributed by atoms with Crippen LogP contribution in [-0.4, -0.2) is 16.9 Å². The number of hydrogen-bond acceptors (Lipinski definition) is 3. The maximum atomic E-state index is 13.3. The van der Waals surface area contributed by atoms with Crippen molar-refractivity contribution in [2.45, 2.75) is 51.2 Å². The molecule has 0 bridgehead atoms. The van der Waals surface area contributed by atoms with Gasteiger partial charge < -0.3 is 5.32 Å². The number of allylic oxidation sites excluding steroid dienone is 4. The van der Waals surface area contributed by atoms with Gasteiger partial charge in [0.1, 0.15) is 5.84 Å². The van der Waals surface area contributed by atoms with Gasteiger partial charge in [-0.05, 0) is 56.0 Å². The van der Waals surface area contributed by atoms with Gasteiger partial charge >= 0.3 is 6.18 Å². The van der Waals surface area contributed by atoms with E-state index in [2.05, 4.69) is 11.9 Å². The molecule has 1 aliphatic carbocycles. The highest BCUT2D eigenvalue weighted by Crippen LogP contribution is 2.34. The van der Waals surface area contributed by atoms with Crippen molar-refractivity contribution in [3.05, 3.63) is 78.0 Å². The van der Waals surface area contributed by atoms with Gasteiger partial charge in [0, 0.05) is 11.6 Å². The second-order valence-corrected chi connectivity index (χ2v) is 7.19. The lowest BCUT2D eigenvalue weighted by atomic mass is 9.93. The lowest BCUT2D eigenvalue weighted by molar-refractivity contribution is -0.137. The van der Waals surface area contributed by atoms with Crippen molar-refractivity contribution in [1.29, 1.82) is 0 Å². The number of amidine groups is 1. The zero-order valence-corrected chi connectivity index (χ0v) is 16.5. The van der Waals surface area contributed by atoms with Crippen molar-refractivity contribution >= 4 is 11.5 Å². The number of rotatable bonds is 6. The van der Waals surface area contributed by atoms with Crippen molar-refractivity contribution in [2.75, 3.05) is 0 Å². The first kappa shape index (κ1) is 21.0. The first-order valence-electron chi connectivity index (χ1n) is 9.96. The first-order valence-corrected chi connectivity index (χ1v) is 9.96. The SMILES string of the molecule is C=C/C=C1\C=CC(NC2CCC2)=NN1/C(=C\CCC)c1cccc(C(F)(F)F)c1. The molecule has 0 amide bonds.